The van der Waals surface area contributed by atoms with E-state index in [0.29, 0.717) is 17.7 Å². The van der Waals surface area contributed by atoms with Gasteiger partial charge in [0.15, 0.2) is 0 Å². The molecule has 0 aliphatic rings. The summed E-state index contributed by atoms with van der Waals surface area (Å²) in [4.78, 5) is 22.6. The topological polar surface area (TPSA) is 101 Å². The number of pyridine rings is 1. The van der Waals surface area contributed by atoms with Gasteiger partial charge in [-0.15, -0.1) is 0 Å². The summed E-state index contributed by atoms with van der Waals surface area (Å²) < 4.78 is 6.14. The average molecular weight is 483 g/mol. The molecule has 0 fully saturated rings. The number of hydrogen-bond acceptors (Lipinski definition) is 5. The van der Waals surface area contributed by atoms with Gasteiger partial charge in [-0.25, -0.2) is 4.79 Å². The number of rotatable bonds is 7. The minimum Gasteiger partial charge on any atom is -0.449 e. The zero-order valence-corrected chi connectivity index (χ0v) is 20.0. The maximum atomic E-state index is 11.8. The summed E-state index contributed by atoms with van der Waals surface area (Å²) >= 11 is 0. The van der Waals surface area contributed by atoms with Crippen LogP contribution in [0.2, 0.25) is 0 Å². The van der Waals surface area contributed by atoms with Crippen LogP contribution in [-0.2, 0) is 7.05 Å². The van der Waals surface area contributed by atoms with E-state index in [0.717, 1.165) is 27.8 Å². The highest BCUT2D eigenvalue weighted by Gasteiger charge is 2.21. The molecule has 0 saturated heterocycles. The molecule has 0 saturated carbocycles. The van der Waals surface area contributed by atoms with Crippen molar-refractivity contribution in [2.45, 2.75) is 19.3 Å². The summed E-state index contributed by atoms with van der Waals surface area (Å²) in [6.07, 6.45) is 0.755. The Morgan fingerprint density at radius 2 is 1.58 bits per heavy atom. The van der Waals surface area contributed by atoms with E-state index in [-0.39, 0.29) is 17.2 Å². The SMILES string of the molecule is Cc1ccccc1[C@H](C/C(=N\O)c1ccc(=O)n(C)c1)c1ccc(-c2ccc(OC(=O)O)cc2)cc1. The molecule has 0 aliphatic carbocycles. The Balaban J connectivity index is 1.67. The van der Waals surface area contributed by atoms with Crippen LogP contribution in [0.1, 0.15) is 34.6 Å². The van der Waals surface area contributed by atoms with Crippen molar-refractivity contribution < 1.29 is 19.8 Å². The van der Waals surface area contributed by atoms with Gasteiger partial charge in [-0.2, -0.15) is 0 Å². The molecule has 2 N–H and O–H groups in total. The number of aromatic nitrogens is 1. The molecule has 0 unspecified atom stereocenters. The lowest BCUT2D eigenvalue weighted by Gasteiger charge is -2.21. The summed E-state index contributed by atoms with van der Waals surface area (Å²) in [5, 5.41) is 22.2. The van der Waals surface area contributed by atoms with Gasteiger partial charge in [0.2, 0.25) is 5.56 Å². The first-order valence-electron chi connectivity index (χ1n) is 11.4. The number of carbonyl (C=O) groups is 1. The molecule has 4 aromatic rings. The predicted octanol–water partition coefficient (Wildman–Crippen LogP) is 5.82. The third-order valence-corrected chi connectivity index (χ3v) is 6.21. The predicted molar refractivity (Wildman–Crippen MR) is 138 cm³/mol. The van der Waals surface area contributed by atoms with Gasteiger partial charge in [0.25, 0.3) is 0 Å². The number of aryl methyl sites for hydroxylation is 2. The molecule has 0 radical (unpaired) electrons. The molecule has 1 heterocycles. The van der Waals surface area contributed by atoms with Gasteiger partial charge in [-0.3, -0.25) is 4.79 Å². The van der Waals surface area contributed by atoms with E-state index in [1.165, 1.54) is 10.6 Å². The first-order valence-corrected chi connectivity index (χ1v) is 11.4. The summed E-state index contributed by atoms with van der Waals surface area (Å²) in [5.41, 5.74) is 6.21. The van der Waals surface area contributed by atoms with Crippen molar-refractivity contribution >= 4 is 11.9 Å². The van der Waals surface area contributed by atoms with Gasteiger partial charge in [-0.1, -0.05) is 65.8 Å². The minimum atomic E-state index is -1.35. The Hall–Kier alpha value is -4.65. The minimum absolute atomic E-state index is 0.0882. The molecule has 36 heavy (non-hydrogen) atoms. The Labute approximate surface area is 208 Å². The molecule has 182 valence electrons. The van der Waals surface area contributed by atoms with E-state index in [1.54, 1.807) is 31.4 Å². The van der Waals surface area contributed by atoms with Crippen LogP contribution in [-0.4, -0.2) is 26.7 Å². The molecule has 7 heteroatoms. The molecule has 1 aromatic heterocycles. The Kier molecular flexibility index (Phi) is 7.30. The van der Waals surface area contributed by atoms with E-state index in [2.05, 4.69) is 28.9 Å². The summed E-state index contributed by atoms with van der Waals surface area (Å²) in [6.45, 7) is 2.05. The third-order valence-electron chi connectivity index (χ3n) is 6.21. The summed E-state index contributed by atoms with van der Waals surface area (Å²) in [7, 11) is 1.67. The van der Waals surface area contributed by atoms with Crippen molar-refractivity contribution in [3.8, 4) is 16.9 Å². The third kappa shape index (κ3) is 5.52. The Morgan fingerprint density at radius 1 is 0.944 bits per heavy atom. The van der Waals surface area contributed by atoms with Crippen molar-refractivity contribution in [3.63, 3.8) is 0 Å². The molecule has 0 aliphatic heterocycles. The highest BCUT2D eigenvalue weighted by Crippen LogP contribution is 2.33. The number of ether oxygens (including phenoxy) is 1. The van der Waals surface area contributed by atoms with Crippen LogP contribution in [0.25, 0.3) is 11.1 Å². The lowest BCUT2D eigenvalue weighted by Crippen LogP contribution is -2.18. The fourth-order valence-electron chi connectivity index (χ4n) is 4.28. The normalized spacial score (nSPS) is 12.2. The lowest BCUT2D eigenvalue weighted by atomic mass is 9.83. The van der Waals surface area contributed by atoms with Gasteiger partial charge in [0.05, 0.1) is 5.71 Å². The van der Waals surface area contributed by atoms with Crippen LogP contribution < -0.4 is 10.3 Å². The maximum Gasteiger partial charge on any atom is 0.511 e. The van der Waals surface area contributed by atoms with Crippen LogP contribution in [0, 0.1) is 6.92 Å². The molecular formula is C29H26N2O5. The van der Waals surface area contributed by atoms with Crippen molar-refractivity contribution in [2.75, 3.05) is 0 Å². The van der Waals surface area contributed by atoms with Gasteiger partial charge >= 0.3 is 6.16 Å². The average Bonchev–Trinajstić information content (AvgIpc) is 2.88. The van der Waals surface area contributed by atoms with Crippen LogP contribution >= 0.6 is 0 Å². The first kappa shape index (κ1) is 24.5. The number of carboxylic acid groups (broad SMARTS) is 1. The molecular weight excluding hydrogens is 456 g/mol. The standard InChI is InChI=1S/C29H26N2O5/c1-19-5-3-4-6-25(19)26(17-27(30-35)23-13-16-28(32)31(2)18-23)22-9-7-20(8-10-22)21-11-14-24(15-12-21)36-29(33)34/h3-16,18,26,35H,17H2,1-2H3,(H,33,34)/b30-27+/t26-/m1/s1. The summed E-state index contributed by atoms with van der Waals surface area (Å²) in [6, 6.07) is 26.2. The fraction of sp³-hybridized carbons (Fsp3) is 0.138. The van der Waals surface area contributed by atoms with E-state index in [4.69, 9.17) is 5.11 Å². The molecule has 7 nitrogen and oxygen atoms in total. The van der Waals surface area contributed by atoms with Crippen LogP contribution in [0.15, 0.2) is 101 Å². The van der Waals surface area contributed by atoms with Crippen molar-refractivity contribution in [2.24, 2.45) is 12.2 Å². The Bertz CT molecular complexity index is 1450. The molecule has 0 amide bonds. The molecule has 0 bridgehead atoms. The summed E-state index contributed by atoms with van der Waals surface area (Å²) in [5.74, 6) is 0.173. The van der Waals surface area contributed by atoms with Crippen LogP contribution in [0.4, 0.5) is 4.79 Å². The van der Waals surface area contributed by atoms with Crippen LogP contribution in [0.5, 0.6) is 5.75 Å². The van der Waals surface area contributed by atoms with Crippen molar-refractivity contribution in [1.82, 2.24) is 4.57 Å². The van der Waals surface area contributed by atoms with Gasteiger partial charge < -0.3 is 19.6 Å². The number of nitrogens with zero attached hydrogens (tertiary/aromatic N) is 2. The van der Waals surface area contributed by atoms with E-state index >= 15 is 0 Å². The molecule has 4 rings (SSSR count). The van der Waals surface area contributed by atoms with E-state index < -0.39 is 6.16 Å². The maximum absolute atomic E-state index is 11.8. The second-order valence-electron chi connectivity index (χ2n) is 8.54. The smallest absolute Gasteiger partial charge is 0.449 e. The monoisotopic (exact) mass is 482 g/mol. The second kappa shape index (κ2) is 10.7. The highest BCUT2D eigenvalue weighted by atomic mass is 16.7. The largest absolute Gasteiger partial charge is 0.511 e. The molecule has 0 spiro atoms. The highest BCUT2D eigenvalue weighted by molar-refractivity contribution is 6.00. The molecule has 1 atom stereocenters. The quantitative estimate of drug-likeness (QED) is 0.114. The number of benzene rings is 3. The van der Waals surface area contributed by atoms with Crippen molar-refractivity contribution in [1.29, 1.82) is 0 Å². The van der Waals surface area contributed by atoms with E-state index in [9.17, 15) is 14.8 Å². The number of oxime groups is 1. The van der Waals surface area contributed by atoms with E-state index in [1.807, 2.05) is 48.5 Å². The number of hydrogen-bond donors (Lipinski definition) is 2. The second-order valence-corrected chi connectivity index (χ2v) is 8.54. The first-order chi connectivity index (χ1) is 17.4. The Morgan fingerprint density at radius 3 is 2.17 bits per heavy atom. The zero-order chi connectivity index (χ0) is 25.7. The van der Waals surface area contributed by atoms with Gasteiger partial charge in [0, 0.05) is 37.2 Å². The van der Waals surface area contributed by atoms with Gasteiger partial charge in [0.1, 0.15) is 5.75 Å². The zero-order valence-electron chi connectivity index (χ0n) is 20.0. The van der Waals surface area contributed by atoms with Crippen molar-refractivity contribution in [3.05, 3.63) is 124 Å². The lowest BCUT2D eigenvalue weighted by molar-refractivity contribution is 0.144. The molecule has 3 aromatic carbocycles. The fourth-order valence-corrected chi connectivity index (χ4v) is 4.28. The van der Waals surface area contributed by atoms with Crippen LogP contribution in [0.3, 0.4) is 0 Å². The van der Waals surface area contributed by atoms with Gasteiger partial charge in [-0.05, 0) is 52.9 Å².